The highest BCUT2D eigenvalue weighted by molar-refractivity contribution is 6.38. The van der Waals surface area contributed by atoms with Crippen molar-refractivity contribution in [2.75, 3.05) is 7.11 Å². The lowest BCUT2D eigenvalue weighted by Gasteiger charge is -2.11. The maximum Gasteiger partial charge on any atom is 0.325 e. The van der Waals surface area contributed by atoms with Crippen molar-refractivity contribution >= 4 is 7.48 Å². The molecule has 13 heavy (non-hydrogen) atoms. The average Bonchev–Trinajstić information content (AvgIpc) is 2.12. The zero-order chi connectivity index (χ0) is 9.68. The molecule has 0 aromatic heterocycles. The van der Waals surface area contributed by atoms with Gasteiger partial charge in [0.25, 0.3) is 0 Å². The molecular formula is C11H16BO. The van der Waals surface area contributed by atoms with E-state index in [0.29, 0.717) is 0 Å². The summed E-state index contributed by atoms with van der Waals surface area (Å²) < 4.78 is 5.06. The zero-order valence-electron chi connectivity index (χ0n) is 8.68. The van der Waals surface area contributed by atoms with Crippen LogP contribution in [0.3, 0.4) is 0 Å². The van der Waals surface area contributed by atoms with Crippen LogP contribution in [-0.4, -0.2) is 14.6 Å². The molecule has 69 valence electrons. The molecule has 0 spiro atoms. The summed E-state index contributed by atoms with van der Waals surface area (Å²) in [5.41, 5.74) is 7.12. The van der Waals surface area contributed by atoms with E-state index < -0.39 is 0 Å². The Hall–Kier alpha value is -0.715. The Bertz CT molecular complexity index is 270. The van der Waals surface area contributed by atoms with Crippen molar-refractivity contribution in [3.8, 4) is 0 Å². The first-order valence-corrected chi connectivity index (χ1v) is 4.73. The molecule has 0 bridgehead atoms. The first-order valence-electron chi connectivity index (χ1n) is 4.73. The van der Waals surface area contributed by atoms with Gasteiger partial charge < -0.3 is 4.65 Å². The zero-order valence-corrected chi connectivity index (χ0v) is 8.68. The third-order valence-corrected chi connectivity index (χ3v) is 2.42. The van der Waals surface area contributed by atoms with Crippen LogP contribution >= 0.6 is 0 Å². The minimum atomic E-state index is 1.11. The molecule has 0 heterocycles. The molecule has 0 unspecified atom stereocenters. The van der Waals surface area contributed by atoms with Gasteiger partial charge in [0.1, 0.15) is 0 Å². The predicted octanol–water partition coefficient (Wildman–Crippen LogP) is 2.81. The van der Waals surface area contributed by atoms with E-state index in [0.717, 1.165) is 12.8 Å². The van der Waals surface area contributed by atoms with Gasteiger partial charge in [-0.15, -0.1) is 5.73 Å². The van der Waals surface area contributed by atoms with Crippen LogP contribution in [0, 0.1) is 0 Å². The van der Waals surface area contributed by atoms with Crippen molar-refractivity contribution < 1.29 is 4.65 Å². The molecule has 1 aliphatic carbocycles. The van der Waals surface area contributed by atoms with Crippen LogP contribution in [0.25, 0.3) is 0 Å². The first-order chi connectivity index (χ1) is 6.25. The summed E-state index contributed by atoms with van der Waals surface area (Å²) >= 11 is 0. The molecule has 0 N–H and O–H groups in total. The lowest BCUT2D eigenvalue weighted by Crippen LogP contribution is -2.04. The van der Waals surface area contributed by atoms with Crippen LogP contribution in [0.15, 0.2) is 28.4 Å². The average molecular weight is 175 g/mol. The normalized spacial score (nSPS) is 23.5. The molecule has 1 aliphatic rings. The van der Waals surface area contributed by atoms with Gasteiger partial charge in [-0.05, 0) is 50.3 Å². The van der Waals surface area contributed by atoms with Gasteiger partial charge in [0.15, 0.2) is 0 Å². The molecule has 0 saturated heterocycles. The second-order valence-electron chi connectivity index (χ2n) is 3.37. The molecule has 1 nitrogen and oxygen atoms in total. The Balaban J connectivity index is 2.93. The third kappa shape index (κ3) is 2.91. The smallest absolute Gasteiger partial charge is 0.325 e. The van der Waals surface area contributed by atoms with E-state index in [4.69, 9.17) is 4.65 Å². The summed E-state index contributed by atoms with van der Waals surface area (Å²) in [6.07, 6.45) is 5.54. The molecular weight excluding hydrogens is 159 g/mol. The van der Waals surface area contributed by atoms with Crippen LogP contribution in [0.4, 0.5) is 0 Å². The molecule has 0 fully saturated rings. The summed E-state index contributed by atoms with van der Waals surface area (Å²) in [6, 6.07) is 0. The fourth-order valence-electron chi connectivity index (χ4n) is 1.45. The van der Waals surface area contributed by atoms with E-state index in [9.17, 15) is 0 Å². The summed E-state index contributed by atoms with van der Waals surface area (Å²) in [7, 11) is 3.56. The van der Waals surface area contributed by atoms with Crippen molar-refractivity contribution in [2.45, 2.75) is 33.1 Å². The SMILES string of the molecule is CO[B]/C1=C(\C)C(C)=C=CCCC1. The molecule has 0 amide bonds. The predicted molar refractivity (Wildman–Crippen MR) is 56.6 cm³/mol. The van der Waals surface area contributed by atoms with Gasteiger partial charge >= 0.3 is 7.48 Å². The number of rotatable bonds is 2. The van der Waals surface area contributed by atoms with Crippen molar-refractivity contribution in [3.63, 3.8) is 0 Å². The van der Waals surface area contributed by atoms with E-state index in [2.05, 4.69) is 25.7 Å². The van der Waals surface area contributed by atoms with Gasteiger partial charge in [0.2, 0.25) is 0 Å². The van der Waals surface area contributed by atoms with Crippen LogP contribution in [0.1, 0.15) is 33.1 Å². The van der Waals surface area contributed by atoms with E-state index in [-0.39, 0.29) is 0 Å². The van der Waals surface area contributed by atoms with Crippen LogP contribution in [0.5, 0.6) is 0 Å². The van der Waals surface area contributed by atoms with E-state index in [1.54, 1.807) is 7.11 Å². The molecule has 0 aromatic rings. The largest absolute Gasteiger partial charge is 0.437 e. The Labute approximate surface area is 81.4 Å². The number of allylic oxidation sites excluding steroid dienone is 3. The Morgan fingerprint density at radius 1 is 1.46 bits per heavy atom. The molecule has 0 aromatic carbocycles. The molecule has 1 radical (unpaired) electrons. The van der Waals surface area contributed by atoms with Gasteiger partial charge in [-0.25, -0.2) is 0 Å². The van der Waals surface area contributed by atoms with Crippen LogP contribution < -0.4 is 0 Å². The fraction of sp³-hybridized carbons (Fsp3) is 0.545. The minimum Gasteiger partial charge on any atom is -0.437 e. The third-order valence-electron chi connectivity index (χ3n) is 2.42. The summed E-state index contributed by atoms with van der Waals surface area (Å²) in [4.78, 5) is 0. The van der Waals surface area contributed by atoms with Crippen LogP contribution in [0.2, 0.25) is 0 Å². The fourth-order valence-corrected chi connectivity index (χ4v) is 1.45. The first kappa shape index (κ1) is 10.4. The monoisotopic (exact) mass is 175 g/mol. The van der Waals surface area contributed by atoms with E-state index >= 15 is 0 Å². The standard InChI is InChI=1S/C11H16BO/c1-9-7-5-4-6-8-11(10(9)2)12-13-3/h5H,4,6,8H2,1-3H3/b11-10+. The van der Waals surface area contributed by atoms with E-state index in [1.807, 2.05) is 7.48 Å². The molecule has 1 rings (SSSR count). The van der Waals surface area contributed by atoms with Gasteiger partial charge in [-0.3, -0.25) is 0 Å². The van der Waals surface area contributed by atoms with Crippen molar-refractivity contribution in [3.05, 3.63) is 28.4 Å². The quantitative estimate of drug-likeness (QED) is 0.463. The highest BCUT2D eigenvalue weighted by Gasteiger charge is 2.07. The highest BCUT2D eigenvalue weighted by atomic mass is 16.4. The van der Waals surface area contributed by atoms with Gasteiger partial charge in [-0.2, -0.15) is 0 Å². The van der Waals surface area contributed by atoms with Crippen LogP contribution in [-0.2, 0) is 4.65 Å². The number of hydrogen-bond acceptors (Lipinski definition) is 1. The minimum absolute atomic E-state index is 1.11. The summed E-state index contributed by atoms with van der Waals surface area (Å²) in [5.74, 6) is 0. The second-order valence-corrected chi connectivity index (χ2v) is 3.37. The molecule has 2 heteroatoms. The maximum absolute atomic E-state index is 5.06. The van der Waals surface area contributed by atoms with Gasteiger partial charge in [0, 0.05) is 7.11 Å². The lowest BCUT2D eigenvalue weighted by atomic mass is 9.78. The van der Waals surface area contributed by atoms with Crippen molar-refractivity contribution in [2.24, 2.45) is 0 Å². The van der Waals surface area contributed by atoms with Crippen molar-refractivity contribution in [1.29, 1.82) is 0 Å². The Morgan fingerprint density at radius 3 is 2.92 bits per heavy atom. The van der Waals surface area contributed by atoms with E-state index in [1.165, 1.54) is 23.0 Å². The van der Waals surface area contributed by atoms with Gasteiger partial charge in [0.05, 0.1) is 0 Å². The maximum atomic E-state index is 5.06. The number of hydrogen-bond donors (Lipinski definition) is 0. The van der Waals surface area contributed by atoms with Gasteiger partial charge in [-0.1, -0.05) is 5.47 Å². The molecule has 0 atom stereocenters. The highest BCUT2D eigenvalue weighted by Crippen LogP contribution is 2.19. The molecule has 0 aliphatic heterocycles. The Kier molecular flexibility index (Phi) is 4.07. The topological polar surface area (TPSA) is 9.23 Å². The second kappa shape index (κ2) is 5.11. The Morgan fingerprint density at radius 2 is 2.23 bits per heavy atom. The summed E-state index contributed by atoms with van der Waals surface area (Å²) in [5, 5.41) is 0. The summed E-state index contributed by atoms with van der Waals surface area (Å²) in [6.45, 7) is 4.23. The molecule has 0 saturated carbocycles. The van der Waals surface area contributed by atoms with Crippen molar-refractivity contribution in [1.82, 2.24) is 0 Å². The lowest BCUT2D eigenvalue weighted by molar-refractivity contribution is 0.445.